The van der Waals surface area contributed by atoms with Crippen LogP contribution in [0.3, 0.4) is 0 Å². The van der Waals surface area contributed by atoms with E-state index in [9.17, 15) is 0 Å². The Morgan fingerprint density at radius 1 is 0.241 bits per heavy atom. The van der Waals surface area contributed by atoms with Crippen LogP contribution in [-0.4, -0.2) is 0 Å². The summed E-state index contributed by atoms with van der Waals surface area (Å²) >= 11 is 0. The van der Waals surface area contributed by atoms with Crippen molar-refractivity contribution in [3.05, 3.63) is 134 Å². The highest BCUT2D eigenvalue weighted by Crippen LogP contribution is 2.27. The van der Waals surface area contributed by atoms with Gasteiger partial charge in [0.15, 0.2) is 0 Å². The summed E-state index contributed by atoms with van der Waals surface area (Å²) in [5.74, 6) is 4.44. The van der Waals surface area contributed by atoms with Crippen molar-refractivity contribution in [1.29, 1.82) is 0 Å². The minimum Gasteiger partial charge on any atom is -0.100 e. The second-order valence-corrected chi connectivity index (χ2v) is 24.8. The number of rotatable bonds is 47. The monoisotopic (exact) mass is 1100 g/mol. The van der Waals surface area contributed by atoms with Gasteiger partial charge in [0, 0.05) is 0 Å². The Morgan fingerprint density at radius 3 is 0.810 bits per heavy atom. The van der Waals surface area contributed by atoms with E-state index in [4.69, 9.17) is 0 Å². The molecule has 0 nitrogen and oxygen atoms in total. The van der Waals surface area contributed by atoms with Crippen molar-refractivity contribution in [3.63, 3.8) is 0 Å². The van der Waals surface area contributed by atoms with Crippen molar-refractivity contribution in [2.24, 2.45) is 29.6 Å². The zero-order valence-corrected chi connectivity index (χ0v) is 56.6. The summed E-state index contributed by atoms with van der Waals surface area (Å²) in [6.07, 6.45) is 44.8. The molecule has 0 bridgehead atoms. The van der Waals surface area contributed by atoms with E-state index in [1.165, 1.54) is 241 Å². The fourth-order valence-electron chi connectivity index (χ4n) is 9.97. The Labute approximate surface area is 503 Å². The van der Waals surface area contributed by atoms with Crippen LogP contribution in [0.1, 0.15) is 342 Å². The van der Waals surface area contributed by atoms with E-state index in [1.54, 1.807) is 0 Å². The van der Waals surface area contributed by atoms with Crippen molar-refractivity contribution in [1.82, 2.24) is 0 Å². The largest absolute Gasteiger partial charge is 0.100 e. The Morgan fingerprint density at radius 2 is 0.532 bits per heavy atom. The van der Waals surface area contributed by atoms with Crippen LogP contribution >= 0.6 is 0 Å². The minimum absolute atomic E-state index is 0. The maximum Gasteiger partial charge on any atom is -0.0111 e. The molecule has 79 heavy (non-hydrogen) atoms. The molecule has 0 rings (SSSR count). The van der Waals surface area contributed by atoms with E-state index in [2.05, 4.69) is 176 Å². The lowest BCUT2D eigenvalue weighted by atomic mass is 9.90. The van der Waals surface area contributed by atoms with Crippen molar-refractivity contribution < 1.29 is 0 Å². The Bertz CT molecular complexity index is 1560. The summed E-state index contributed by atoms with van der Waals surface area (Å²) in [7, 11) is 0. The fourth-order valence-corrected chi connectivity index (χ4v) is 9.97. The van der Waals surface area contributed by atoms with E-state index < -0.39 is 0 Å². The third-order valence-electron chi connectivity index (χ3n) is 15.9. The average molecular weight is 1100 g/mol. The molecule has 0 aromatic rings. The lowest BCUT2D eigenvalue weighted by molar-refractivity contribution is 0.429. The zero-order chi connectivity index (χ0) is 60.7. The molecule has 0 aliphatic rings. The highest BCUT2D eigenvalue weighted by molar-refractivity contribution is 5.15. The summed E-state index contributed by atoms with van der Waals surface area (Å²) in [4.78, 5) is 0. The van der Waals surface area contributed by atoms with E-state index in [1.807, 2.05) is 0 Å². The maximum atomic E-state index is 4.18. The molecule has 0 saturated heterocycles. The Balaban J connectivity index is -0.000000211. The van der Waals surface area contributed by atoms with E-state index in [-0.39, 0.29) is 7.43 Å². The van der Waals surface area contributed by atoms with Crippen LogP contribution in [0, 0.1) is 29.6 Å². The van der Waals surface area contributed by atoms with Gasteiger partial charge in [-0.3, -0.25) is 0 Å². The number of hydrogen-bond acceptors (Lipinski definition) is 0. The standard InChI is InChI=1S/2C17H30.2C15H28.C14H28.CH4/c1-7-15(5)13-16(6)10-12-17(8-2)11-9-14(3)4;1-7-9-17(8-2)11-10-15(5)13-16(6)12-14(3)4;1-6-8-14(5)10-12-15(7-2)11-9-13(3)4;1-6-8-15(7-2)12-11-14(5)10-9-13(3)4;1-5-8-10-13(4)11-12-14(7-3)9-6-2;/h2*17H,3,5-13H2,1-2,4H3;2*15H,3,5-12H2,1-2,4H3;14H,4-12H2,1-3H3;1H4. The molecule has 0 aromatic heterocycles. The van der Waals surface area contributed by atoms with E-state index >= 15 is 0 Å². The van der Waals surface area contributed by atoms with Crippen molar-refractivity contribution in [2.45, 2.75) is 342 Å². The van der Waals surface area contributed by atoms with Gasteiger partial charge < -0.3 is 0 Å². The summed E-state index contributed by atoms with van der Waals surface area (Å²) in [6.45, 7) is 78.1. The molecule has 0 fully saturated rings. The van der Waals surface area contributed by atoms with Crippen LogP contribution in [-0.2, 0) is 0 Å². The molecule has 464 valence electrons. The predicted molar refractivity (Wildman–Crippen MR) is 376 cm³/mol. The molecule has 0 heterocycles. The summed E-state index contributed by atoms with van der Waals surface area (Å²) < 4.78 is 0. The van der Waals surface area contributed by atoms with Crippen LogP contribution in [0.5, 0.6) is 0 Å². The first-order chi connectivity index (χ1) is 36.9. The quantitative estimate of drug-likeness (QED) is 0.0533. The van der Waals surface area contributed by atoms with E-state index in [0.717, 1.165) is 81.0 Å². The molecule has 0 heteroatoms. The topological polar surface area (TPSA) is 0 Å². The minimum atomic E-state index is 0. The molecule has 0 N–H and O–H groups in total. The van der Waals surface area contributed by atoms with Gasteiger partial charge >= 0.3 is 0 Å². The van der Waals surface area contributed by atoms with Gasteiger partial charge in [-0.25, -0.2) is 0 Å². The number of unbranched alkanes of at least 4 members (excludes halogenated alkanes) is 1. The van der Waals surface area contributed by atoms with Gasteiger partial charge in [-0.2, -0.15) is 0 Å². The van der Waals surface area contributed by atoms with Gasteiger partial charge in [0.2, 0.25) is 0 Å². The maximum absolute atomic E-state index is 4.18. The summed E-state index contributed by atoms with van der Waals surface area (Å²) in [5, 5.41) is 0. The molecule has 5 unspecified atom stereocenters. The van der Waals surface area contributed by atoms with Crippen LogP contribution in [0.4, 0.5) is 0 Å². The molecular weight excluding hydrogens is 949 g/mol. The molecule has 0 saturated carbocycles. The highest BCUT2D eigenvalue weighted by Gasteiger charge is 2.11. The first-order valence-corrected chi connectivity index (χ1v) is 33.2. The van der Waals surface area contributed by atoms with Gasteiger partial charge in [-0.1, -0.05) is 281 Å². The summed E-state index contributed by atoms with van der Waals surface area (Å²) in [5.41, 5.74) is 14.7. The molecule has 0 radical (unpaired) electrons. The number of allylic oxidation sites excluding steroid dienone is 11. The Kier molecular flexibility index (Phi) is 69.4. The third-order valence-corrected chi connectivity index (χ3v) is 15.9. The van der Waals surface area contributed by atoms with Crippen LogP contribution in [0.15, 0.2) is 134 Å². The number of hydrogen-bond donors (Lipinski definition) is 0. The fraction of sp³-hybridized carbons (Fsp3) is 0.722. The van der Waals surface area contributed by atoms with Crippen LogP contribution in [0.25, 0.3) is 0 Å². The molecule has 0 amide bonds. The third kappa shape index (κ3) is 67.5. The zero-order valence-electron chi connectivity index (χ0n) is 56.6. The molecule has 0 spiro atoms. The van der Waals surface area contributed by atoms with Crippen LogP contribution in [0.2, 0.25) is 0 Å². The van der Waals surface area contributed by atoms with Crippen molar-refractivity contribution in [2.75, 3.05) is 0 Å². The van der Waals surface area contributed by atoms with E-state index in [0.29, 0.717) is 0 Å². The molecular formula is C79H148. The molecule has 0 aromatic carbocycles. The second kappa shape index (κ2) is 62.7. The molecule has 0 aliphatic heterocycles. The lowest BCUT2D eigenvalue weighted by Crippen LogP contribution is -2.00. The van der Waals surface area contributed by atoms with Gasteiger partial charge in [-0.05, 0) is 205 Å². The molecule has 0 aliphatic carbocycles. The second-order valence-electron chi connectivity index (χ2n) is 24.8. The Hall–Kier alpha value is -2.86. The smallest absolute Gasteiger partial charge is 0.0111 e. The molecule has 5 atom stereocenters. The lowest BCUT2D eigenvalue weighted by Gasteiger charge is -2.16. The first-order valence-electron chi connectivity index (χ1n) is 33.2. The first kappa shape index (κ1) is 87.4. The van der Waals surface area contributed by atoms with Crippen LogP contribution < -0.4 is 0 Å². The van der Waals surface area contributed by atoms with Gasteiger partial charge in [-0.15, -0.1) is 19.7 Å². The predicted octanol–water partition coefficient (Wildman–Crippen LogP) is 29.1. The average Bonchev–Trinajstić information content (AvgIpc) is 3.39. The van der Waals surface area contributed by atoms with Gasteiger partial charge in [0.05, 0.1) is 0 Å². The van der Waals surface area contributed by atoms with Gasteiger partial charge in [0.1, 0.15) is 0 Å². The normalized spacial score (nSPS) is 12.2. The van der Waals surface area contributed by atoms with Crippen molar-refractivity contribution in [3.8, 4) is 0 Å². The van der Waals surface area contributed by atoms with Crippen molar-refractivity contribution >= 4 is 0 Å². The SMILES string of the molecule is C.C=C(C)CC(=C)CC(=C)CCC(CC)CCC.C=C(C)CCC(=C)CCC(CC)CCC.C=C(C)CCC(CC)CCC(=C)CC(=C)CC.C=C(C)CCC(CC)CCC(=C)CCC.C=C(CCCC)CCC(CC)CCC. The summed E-state index contributed by atoms with van der Waals surface area (Å²) in [6, 6.07) is 0. The highest BCUT2D eigenvalue weighted by atomic mass is 14.2. The van der Waals surface area contributed by atoms with Gasteiger partial charge in [0.25, 0.3) is 0 Å².